The van der Waals surface area contributed by atoms with E-state index in [2.05, 4.69) is 63.6 Å². The summed E-state index contributed by atoms with van der Waals surface area (Å²) in [5, 5.41) is 8.03. The van der Waals surface area contributed by atoms with E-state index in [-0.39, 0.29) is 24.0 Å². The number of benzene rings is 1. The molecule has 2 N–H and O–H groups in total. The van der Waals surface area contributed by atoms with E-state index in [0.717, 1.165) is 58.0 Å². The third-order valence-corrected chi connectivity index (χ3v) is 4.37. The monoisotopic (exact) mass is 456 g/mol. The van der Waals surface area contributed by atoms with Crippen LogP contribution in [0.2, 0.25) is 0 Å². The van der Waals surface area contributed by atoms with Crippen molar-refractivity contribution in [1.82, 2.24) is 15.2 Å². The van der Waals surface area contributed by atoms with Gasteiger partial charge in [0, 0.05) is 38.0 Å². The molecule has 1 aromatic heterocycles. The molecular weight excluding hydrogens is 427 g/mol. The van der Waals surface area contributed by atoms with E-state index in [0.29, 0.717) is 6.10 Å². The number of para-hydroxylation sites is 1. The van der Waals surface area contributed by atoms with Crippen LogP contribution in [-0.4, -0.2) is 42.9 Å². The third-order valence-electron chi connectivity index (χ3n) is 4.37. The van der Waals surface area contributed by atoms with E-state index < -0.39 is 0 Å². The first-order chi connectivity index (χ1) is 11.9. The second kappa shape index (κ2) is 10.7. The smallest absolute Gasteiger partial charge is 0.191 e. The Balaban J connectivity index is 0.00000225. The maximum Gasteiger partial charge on any atom is 0.191 e. The Bertz CT molecular complexity index is 664. The summed E-state index contributed by atoms with van der Waals surface area (Å²) in [5.41, 5.74) is 1.30. The van der Waals surface area contributed by atoms with E-state index in [1.807, 2.05) is 0 Å². The summed E-state index contributed by atoms with van der Waals surface area (Å²) >= 11 is 0. The van der Waals surface area contributed by atoms with Crippen LogP contribution in [0.5, 0.6) is 0 Å². The summed E-state index contributed by atoms with van der Waals surface area (Å²) in [7, 11) is 0. The maximum absolute atomic E-state index is 5.63. The van der Waals surface area contributed by atoms with Crippen LogP contribution < -0.4 is 10.6 Å². The van der Waals surface area contributed by atoms with Crippen molar-refractivity contribution in [2.75, 3.05) is 26.2 Å². The highest BCUT2D eigenvalue weighted by Gasteiger charge is 2.14. The van der Waals surface area contributed by atoms with Gasteiger partial charge in [-0.15, -0.1) is 24.0 Å². The average Bonchev–Trinajstić information content (AvgIpc) is 3.26. The standard InChI is InChI=1S/C19H28N4O.HI/c1-2-20-19(22-15-17-8-5-14-24-17)21-11-6-12-23-13-10-16-7-3-4-9-18(16)23;/h3-4,7,9-10,13,17H,2,5-6,8,11-12,14-15H2,1H3,(H2,20,21,22);1H. The fraction of sp³-hybridized carbons (Fsp3) is 0.526. The zero-order valence-electron chi connectivity index (χ0n) is 14.9. The molecule has 6 heteroatoms. The van der Waals surface area contributed by atoms with Crippen LogP contribution in [0.25, 0.3) is 10.9 Å². The molecule has 0 bridgehead atoms. The lowest BCUT2D eigenvalue weighted by atomic mass is 10.2. The number of aliphatic imine (C=N–C) groups is 1. The van der Waals surface area contributed by atoms with Crippen LogP contribution >= 0.6 is 24.0 Å². The van der Waals surface area contributed by atoms with E-state index in [9.17, 15) is 0 Å². The molecule has 1 aliphatic heterocycles. The molecule has 1 atom stereocenters. The second-order valence-electron chi connectivity index (χ2n) is 6.20. The number of nitrogens with one attached hydrogen (secondary N) is 2. The van der Waals surface area contributed by atoms with Crippen LogP contribution in [0.15, 0.2) is 41.5 Å². The molecule has 138 valence electrons. The largest absolute Gasteiger partial charge is 0.376 e. The maximum atomic E-state index is 5.63. The van der Waals surface area contributed by atoms with Gasteiger partial charge in [0.2, 0.25) is 0 Å². The van der Waals surface area contributed by atoms with Gasteiger partial charge in [-0.1, -0.05) is 18.2 Å². The van der Waals surface area contributed by atoms with Gasteiger partial charge in [-0.25, -0.2) is 0 Å². The molecule has 0 radical (unpaired) electrons. The van der Waals surface area contributed by atoms with Crippen molar-refractivity contribution in [3.63, 3.8) is 0 Å². The van der Waals surface area contributed by atoms with Crippen molar-refractivity contribution in [3.8, 4) is 0 Å². The summed E-state index contributed by atoms with van der Waals surface area (Å²) in [6.07, 6.45) is 5.81. The first kappa shape index (κ1) is 20.0. The van der Waals surface area contributed by atoms with Crippen molar-refractivity contribution >= 4 is 40.8 Å². The molecule has 25 heavy (non-hydrogen) atoms. The molecular formula is C19H29IN4O. The minimum atomic E-state index is 0. The van der Waals surface area contributed by atoms with Gasteiger partial charge in [-0.3, -0.25) is 4.99 Å². The number of rotatable bonds is 7. The summed E-state index contributed by atoms with van der Waals surface area (Å²) in [6, 6.07) is 10.7. The van der Waals surface area contributed by atoms with Gasteiger partial charge in [0.1, 0.15) is 0 Å². The molecule has 1 unspecified atom stereocenters. The van der Waals surface area contributed by atoms with Crippen molar-refractivity contribution in [2.45, 2.75) is 38.8 Å². The highest BCUT2D eigenvalue weighted by Crippen LogP contribution is 2.15. The Morgan fingerprint density at radius 2 is 2.16 bits per heavy atom. The molecule has 0 amide bonds. The van der Waals surface area contributed by atoms with E-state index in [1.165, 1.54) is 10.9 Å². The topological polar surface area (TPSA) is 50.6 Å². The lowest BCUT2D eigenvalue weighted by molar-refractivity contribution is 0.117. The zero-order chi connectivity index (χ0) is 16.6. The number of fused-ring (bicyclic) bond motifs is 1. The molecule has 0 aliphatic carbocycles. The van der Waals surface area contributed by atoms with Crippen LogP contribution in [-0.2, 0) is 11.3 Å². The molecule has 1 fully saturated rings. The van der Waals surface area contributed by atoms with Gasteiger partial charge in [-0.2, -0.15) is 0 Å². The number of nitrogens with zero attached hydrogens (tertiary/aromatic N) is 2. The van der Waals surface area contributed by atoms with E-state index in [4.69, 9.17) is 4.74 Å². The van der Waals surface area contributed by atoms with Crippen molar-refractivity contribution in [1.29, 1.82) is 0 Å². The van der Waals surface area contributed by atoms with E-state index in [1.54, 1.807) is 0 Å². The molecule has 0 saturated carbocycles. The first-order valence-electron chi connectivity index (χ1n) is 9.04. The number of aryl methyl sites for hydroxylation is 1. The highest BCUT2D eigenvalue weighted by atomic mass is 127. The van der Waals surface area contributed by atoms with Gasteiger partial charge in [0.25, 0.3) is 0 Å². The van der Waals surface area contributed by atoms with Gasteiger partial charge in [0.05, 0.1) is 12.6 Å². The summed E-state index contributed by atoms with van der Waals surface area (Å²) in [6.45, 7) is 6.51. The lowest BCUT2D eigenvalue weighted by Crippen LogP contribution is -2.38. The normalized spacial score (nSPS) is 17.5. The van der Waals surface area contributed by atoms with Gasteiger partial charge >= 0.3 is 0 Å². The van der Waals surface area contributed by atoms with Gasteiger partial charge < -0.3 is 19.9 Å². The van der Waals surface area contributed by atoms with Crippen LogP contribution in [0.3, 0.4) is 0 Å². The van der Waals surface area contributed by atoms with Crippen LogP contribution in [0.1, 0.15) is 26.2 Å². The Morgan fingerprint density at radius 3 is 2.96 bits per heavy atom. The minimum absolute atomic E-state index is 0. The van der Waals surface area contributed by atoms with E-state index >= 15 is 0 Å². The number of ether oxygens (including phenoxy) is 1. The number of guanidine groups is 1. The predicted octanol–water partition coefficient (Wildman–Crippen LogP) is 3.38. The Hall–Kier alpha value is -1.28. The molecule has 1 aliphatic rings. The molecule has 0 spiro atoms. The van der Waals surface area contributed by atoms with Gasteiger partial charge in [0.15, 0.2) is 5.96 Å². The number of halogens is 1. The minimum Gasteiger partial charge on any atom is -0.376 e. The van der Waals surface area contributed by atoms with Crippen molar-refractivity contribution in [2.24, 2.45) is 4.99 Å². The van der Waals surface area contributed by atoms with Crippen molar-refractivity contribution < 1.29 is 4.74 Å². The predicted molar refractivity (Wildman–Crippen MR) is 115 cm³/mol. The molecule has 3 rings (SSSR count). The molecule has 1 aromatic carbocycles. The summed E-state index contributed by atoms with van der Waals surface area (Å²) in [5.74, 6) is 0.894. The second-order valence-corrected chi connectivity index (χ2v) is 6.20. The Labute approximate surface area is 167 Å². The van der Waals surface area contributed by atoms with Crippen LogP contribution in [0, 0.1) is 0 Å². The fourth-order valence-corrected chi connectivity index (χ4v) is 3.11. The fourth-order valence-electron chi connectivity index (χ4n) is 3.11. The molecule has 1 saturated heterocycles. The average molecular weight is 456 g/mol. The summed E-state index contributed by atoms with van der Waals surface area (Å²) < 4.78 is 7.94. The van der Waals surface area contributed by atoms with Crippen molar-refractivity contribution in [3.05, 3.63) is 36.5 Å². The zero-order valence-corrected chi connectivity index (χ0v) is 17.2. The highest BCUT2D eigenvalue weighted by molar-refractivity contribution is 14.0. The third kappa shape index (κ3) is 5.88. The molecule has 2 heterocycles. The first-order valence-corrected chi connectivity index (χ1v) is 9.04. The quantitative estimate of drug-likeness (QED) is 0.291. The summed E-state index contributed by atoms with van der Waals surface area (Å²) in [4.78, 5) is 4.64. The SMILES string of the molecule is CCNC(=NCC1CCCO1)NCCCn1ccc2ccccc21.I. The Morgan fingerprint density at radius 1 is 1.28 bits per heavy atom. The lowest BCUT2D eigenvalue weighted by Gasteiger charge is -2.13. The number of aromatic nitrogens is 1. The number of hydrogen-bond acceptors (Lipinski definition) is 2. The molecule has 2 aromatic rings. The Kier molecular flexibility index (Phi) is 8.54. The molecule has 5 nitrogen and oxygen atoms in total. The van der Waals surface area contributed by atoms with Crippen LogP contribution in [0.4, 0.5) is 0 Å². The van der Waals surface area contributed by atoms with Gasteiger partial charge in [-0.05, 0) is 43.7 Å². The number of hydrogen-bond donors (Lipinski definition) is 2.